The minimum absolute atomic E-state index is 0.128. The maximum atomic E-state index is 13.2. The van der Waals surface area contributed by atoms with E-state index in [-0.39, 0.29) is 11.4 Å². The van der Waals surface area contributed by atoms with E-state index in [0.29, 0.717) is 12.5 Å². The number of hydrogen-bond acceptors (Lipinski definition) is 3. The van der Waals surface area contributed by atoms with E-state index in [1.54, 1.807) is 6.92 Å². The van der Waals surface area contributed by atoms with Gasteiger partial charge in [-0.1, -0.05) is 6.92 Å². The standard InChI is InChI=1S/C12H18F2N2O2S/c1-4-12(2,8-15)16(3)19(17,18)9-5-6-10(13)11(14)7-9/h5-7H,4,8,15H2,1-3H3. The number of rotatable bonds is 5. The fourth-order valence-electron chi connectivity index (χ4n) is 1.58. The maximum absolute atomic E-state index is 13.2. The van der Waals surface area contributed by atoms with Gasteiger partial charge in [0.15, 0.2) is 11.6 Å². The molecule has 0 aliphatic carbocycles. The van der Waals surface area contributed by atoms with Crippen LogP contribution in [-0.4, -0.2) is 31.9 Å². The zero-order valence-electron chi connectivity index (χ0n) is 11.2. The van der Waals surface area contributed by atoms with Gasteiger partial charge in [-0.15, -0.1) is 0 Å². The molecule has 0 fully saturated rings. The summed E-state index contributed by atoms with van der Waals surface area (Å²) in [5.41, 5.74) is 4.83. The van der Waals surface area contributed by atoms with Crippen molar-refractivity contribution in [2.45, 2.75) is 30.7 Å². The largest absolute Gasteiger partial charge is 0.329 e. The SMILES string of the molecule is CCC(C)(CN)N(C)S(=O)(=O)c1ccc(F)c(F)c1. The van der Waals surface area contributed by atoms with E-state index < -0.39 is 27.2 Å². The first-order valence-electron chi connectivity index (χ1n) is 5.83. The van der Waals surface area contributed by atoms with Crippen LogP contribution in [0.5, 0.6) is 0 Å². The molecular weight excluding hydrogens is 274 g/mol. The Bertz CT molecular complexity index is 557. The molecule has 1 unspecified atom stereocenters. The number of sulfonamides is 1. The van der Waals surface area contributed by atoms with E-state index in [1.165, 1.54) is 7.05 Å². The van der Waals surface area contributed by atoms with Crippen molar-refractivity contribution in [3.63, 3.8) is 0 Å². The Hall–Kier alpha value is -1.05. The van der Waals surface area contributed by atoms with E-state index in [4.69, 9.17) is 5.73 Å². The van der Waals surface area contributed by atoms with Gasteiger partial charge in [-0.3, -0.25) is 0 Å². The molecule has 1 aromatic carbocycles. The summed E-state index contributed by atoms with van der Waals surface area (Å²) in [7, 11) is -2.53. The smallest absolute Gasteiger partial charge is 0.243 e. The summed E-state index contributed by atoms with van der Waals surface area (Å²) in [6.45, 7) is 3.64. The van der Waals surface area contributed by atoms with E-state index in [1.807, 2.05) is 6.92 Å². The molecule has 0 saturated heterocycles. The fraction of sp³-hybridized carbons (Fsp3) is 0.500. The number of nitrogens with zero attached hydrogens (tertiary/aromatic N) is 1. The Labute approximate surface area is 112 Å². The molecule has 1 atom stereocenters. The lowest BCUT2D eigenvalue weighted by molar-refractivity contribution is 0.240. The molecule has 4 nitrogen and oxygen atoms in total. The van der Waals surface area contributed by atoms with Crippen LogP contribution in [-0.2, 0) is 10.0 Å². The summed E-state index contributed by atoms with van der Waals surface area (Å²) >= 11 is 0. The highest BCUT2D eigenvalue weighted by atomic mass is 32.2. The Balaban J connectivity index is 3.27. The third-order valence-electron chi connectivity index (χ3n) is 3.51. The third kappa shape index (κ3) is 2.93. The Kier molecular flexibility index (Phi) is 4.65. The molecule has 0 saturated carbocycles. The first-order valence-corrected chi connectivity index (χ1v) is 7.27. The van der Waals surface area contributed by atoms with Gasteiger partial charge in [0.2, 0.25) is 10.0 Å². The summed E-state index contributed by atoms with van der Waals surface area (Å²) in [5, 5.41) is 0. The third-order valence-corrected chi connectivity index (χ3v) is 5.52. The van der Waals surface area contributed by atoms with Crippen LogP contribution >= 0.6 is 0 Å². The van der Waals surface area contributed by atoms with Crippen LogP contribution in [0.15, 0.2) is 23.1 Å². The van der Waals surface area contributed by atoms with E-state index in [9.17, 15) is 17.2 Å². The molecule has 1 aromatic rings. The number of halogens is 2. The highest BCUT2D eigenvalue weighted by Gasteiger charge is 2.35. The molecule has 0 radical (unpaired) electrons. The molecule has 1 rings (SSSR count). The predicted octanol–water partition coefficient (Wildman–Crippen LogP) is 1.71. The van der Waals surface area contributed by atoms with Gasteiger partial charge in [0.05, 0.1) is 4.90 Å². The molecule has 7 heteroatoms. The molecule has 0 amide bonds. The first-order chi connectivity index (χ1) is 8.69. The second-order valence-corrected chi connectivity index (χ2v) is 6.57. The lowest BCUT2D eigenvalue weighted by atomic mass is 10.00. The minimum atomic E-state index is -3.91. The van der Waals surface area contributed by atoms with Crippen molar-refractivity contribution in [3.8, 4) is 0 Å². The van der Waals surface area contributed by atoms with Crippen molar-refractivity contribution in [1.29, 1.82) is 0 Å². The summed E-state index contributed by atoms with van der Waals surface area (Å²) < 4.78 is 51.8. The van der Waals surface area contributed by atoms with Gasteiger partial charge in [0, 0.05) is 19.1 Å². The van der Waals surface area contributed by atoms with Crippen molar-refractivity contribution in [2.75, 3.05) is 13.6 Å². The highest BCUT2D eigenvalue weighted by Crippen LogP contribution is 2.25. The number of likely N-dealkylation sites (N-methyl/N-ethyl adjacent to an activating group) is 1. The van der Waals surface area contributed by atoms with Gasteiger partial charge in [-0.25, -0.2) is 17.2 Å². The van der Waals surface area contributed by atoms with Crippen LogP contribution in [0.25, 0.3) is 0 Å². The normalized spacial score (nSPS) is 15.5. The molecule has 0 bridgehead atoms. The molecule has 19 heavy (non-hydrogen) atoms. The van der Waals surface area contributed by atoms with Crippen LogP contribution in [0.3, 0.4) is 0 Å². The summed E-state index contributed by atoms with van der Waals surface area (Å²) in [4.78, 5) is -0.290. The first kappa shape index (κ1) is 16.0. The van der Waals surface area contributed by atoms with Crippen molar-refractivity contribution >= 4 is 10.0 Å². The second-order valence-electron chi connectivity index (χ2n) is 4.60. The Morgan fingerprint density at radius 2 is 1.89 bits per heavy atom. The van der Waals surface area contributed by atoms with Crippen LogP contribution in [0.2, 0.25) is 0 Å². The topological polar surface area (TPSA) is 63.4 Å². The molecule has 108 valence electrons. The van der Waals surface area contributed by atoms with Crippen molar-refractivity contribution in [1.82, 2.24) is 4.31 Å². The predicted molar refractivity (Wildman–Crippen MR) is 69.1 cm³/mol. The maximum Gasteiger partial charge on any atom is 0.243 e. The van der Waals surface area contributed by atoms with Gasteiger partial charge in [0.1, 0.15) is 0 Å². The van der Waals surface area contributed by atoms with Crippen molar-refractivity contribution in [3.05, 3.63) is 29.8 Å². The van der Waals surface area contributed by atoms with Crippen LogP contribution in [0.1, 0.15) is 20.3 Å². The van der Waals surface area contributed by atoms with Gasteiger partial charge in [-0.05, 0) is 31.5 Å². The van der Waals surface area contributed by atoms with Crippen molar-refractivity contribution in [2.24, 2.45) is 5.73 Å². The van der Waals surface area contributed by atoms with Crippen LogP contribution < -0.4 is 5.73 Å². The molecule has 2 N–H and O–H groups in total. The summed E-state index contributed by atoms with van der Waals surface area (Å²) in [6, 6.07) is 2.51. The summed E-state index contributed by atoms with van der Waals surface area (Å²) in [5.74, 6) is -2.28. The van der Waals surface area contributed by atoms with E-state index in [2.05, 4.69) is 0 Å². The van der Waals surface area contributed by atoms with E-state index in [0.717, 1.165) is 16.4 Å². The fourth-order valence-corrected chi connectivity index (χ4v) is 3.17. The van der Waals surface area contributed by atoms with Gasteiger partial charge < -0.3 is 5.73 Å². The number of benzene rings is 1. The molecule has 0 aliphatic rings. The monoisotopic (exact) mass is 292 g/mol. The Morgan fingerprint density at radius 1 is 1.32 bits per heavy atom. The average molecular weight is 292 g/mol. The molecule has 0 heterocycles. The van der Waals surface area contributed by atoms with Crippen molar-refractivity contribution < 1.29 is 17.2 Å². The number of hydrogen-bond donors (Lipinski definition) is 1. The lowest BCUT2D eigenvalue weighted by Gasteiger charge is -2.36. The Morgan fingerprint density at radius 3 is 2.32 bits per heavy atom. The molecule has 0 aliphatic heterocycles. The highest BCUT2D eigenvalue weighted by molar-refractivity contribution is 7.89. The van der Waals surface area contributed by atoms with Gasteiger partial charge >= 0.3 is 0 Å². The molecule has 0 aromatic heterocycles. The lowest BCUT2D eigenvalue weighted by Crippen LogP contribution is -2.51. The average Bonchev–Trinajstić information content (AvgIpc) is 2.39. The molecular formula is C12H18F2N2O2S. The van der Waals surface area contributed by atoms with E-state index >= 15 is 0 Å². The zero-order chi connectivity index (χ0) is 14.8. The second kappa shape index (κ2) is 5.52. The quantitative estimate of drug-likeness (QED) is 0.898. The van der Waals surface area contributed by atoms with Gasteiger partial charge in [-0.2, -0.15) is 4.31 Å². The van der Waals surface area contributed by atoms with Crippen LogP contribution in [0.4, 0.5) is 8.78 Å². The summed E-state index contributed by atoms with van der Waals surface area (Å²) in [6.07, 6.45) is 0.503. The molecule has 0 spiro atoms. The van der Waals surface area contributed by atoms with Crippen LogP contribution in [0, 0.1) is 11.6 Å². The number of nitrogens with two attached hydrogens (primary N) is 1. The zero-order valence-corrected chi connectivity index (χ0v) is 12.0. The minimum Gasteiger partial charge on any atom is -0.329 e. The van der Waals surface area contributed by atoms with Gasteiger partial charge in [0.25, 0.3) is 0 Å².